The van der Waals surface area contributed by atoms with Crippen LogP contribution in [0.3, 0.4) is 0 Å². The van der Waals surface area contributed by atoms with E-state index >= 15 is 0 Å². The molecule has 0 aromatic carbocycles. The number of hydrogen-bond acceptors (Lipinski definition) is 3. The Bertz CT molecular complexity index is 381. The van der Waals surface area contributed by atoms with Crippen molar-refractivity contribution in [3.8, 4) is 0 Å². The first-order valence-corrected chi connectivity index (χ1v) is 6.93. The van der Waals surface area contributed by atoms with Gasteiger partial charge in [0, 0.05) is 26.7 Å². The number of nitrogens with zero attached hydrogens (tertiary/aromatic N) is 2. The van der Waals surface area contributed by atoms with Crippen LogP contribution in [0.4, 0.5) is 0 Å². The topological polar surface area (TPSA) is 50.0 Å². The number of rotatable bonds is 4. The van der Waals surface area contributed by atoms with Crippen molar-refractivity contribution in [3.63, 3.8) is 0 Å². The fraction of sp³-hybridized carbons (Fsp3) is 0.643. The highest BCUT2D eigenvalue weighted by Gasteiger charge is 2.21. The molecule has 1 aliphatic heterocycles. The number of furan rings is 1. The third-order valence-electron chi connectivity index (χ3n) is 3.36. The Labute approximate surface area is 114 Å². The Morgan fingerprint density at radius 1 is 1.53 bits per heavy atom. The summed E-state index contributed by atoms with van der Waals surface area (Å²) in [6.45, 7) is 5.50. The Morgan fingerprint density at radius 3 is 2.89 bits per heavy atom. The highest BCUT2D eigenvalue weighted by molar-refractivity contribution is 5.79. The molecule has 19 heavy (non-hydrogen) atoms. The molecule has 0 atom stereocenters. The van der Waals surface area contributed by atoms with E-state index in [1.807, 2.05) is 19.2 Å². The monoisotopic (exact) mass is 265 g/mol. The molecule has 0 saturated carbocycles. The third kappa shape index (κ3) is 3.99. The molecule has 0 aliphatic carbocycles. The first kappa shape index (κ1) is 13.9. The van der Waals surface area contributed by atoms with Crippen molar-refractivity contribution in [2.75, 3.05) is 26.7 Å². The van der Waals surface area contributed by atoms with Crippen molar-refractivity contribution < 1.29 is 9.15 Å². The summed E-state index contributed by atoms with van der Waals surface area (Å²) in [5.74, 6) is 1.86. The number of nitrogens with one attached hydrogen (secondary N) is 1. The van der Waals surface area contributed by atoms with Crippen LogP contribution in [0, 0.1) is 0 Å². The molecule has 2 heterocycles. The summed E-state index contributed by atoms with van der Waals surface area (Å²) >= 11 is 0. The fourth-order valence-electron chi connectivity index (χ4n) is 2.38. The van der Waals surface area contributed by atoms with Gasteiger partial charge in [0.25, 0.3) is 0 Å². The van der Waals surface area contributed by atoms with Gasteiger partial charge in [0.2, 0.25) is 0 Å². The van der Waals surface area contributed by atoms with E-state index < -0.39 is 0 Å². The maximum atomic E-state index is 5.66. The van der Waals surface area contributed by atoms with Crippen LogP contribution in [0.2, 0.25) is 0 Å². The number of ether oxygens (including phenoxy) is 1. The minimum Gasteiger partial charge on any atom is -0.467 e. The molecule has 2 rings (SSSR count). The maximum Gasteiger partial charge on any atom is 0.194 e. The van der Waals surface area contributed by atoms with E-state index in [2.05, 4.69) is 22.1 Å². The van der Waals surface area contributed by atoms with Gasteiger partial charge in [0.1, 0.15) is 5.76 Å². The number of guanidine groups is 1. The van der Waals surface area contributed by atoms with Crippen LogP contribution in [0.5, 0.6) is 0 Å². The summed E-state index contributed by atoms with van der Waals surface area (Å²) < 4.78 is 11.0. The lowest BCUT2D eigenvalue weighted by atomic mass is 10.1. The van der Waals surface area contributed by atoms with Crippen LogP contribution in [0.25, 0.3) is 0 Å². The molecule has 1 saturated heterocycles. The van der Waals surface area contributed by atoms with Gasteiger partial charge in [-0.05, 0) is 31.9 Å². The van der Waals surface area contributed by atoms with Crippen molar-refractivity contribution >= 4 is 5.96 Å². The number of aliphatic imine (C=N–C) groups is 1. The van der Waals surface area contributed by atoms with Crippen LogP contribution < -0.4 is 5.32 Å². The average Bonchev–Trinajstić information content (AvgIpc) is 2.95. The lowest BCUT2D eigenvalue weighted by molar-refractivity contribution is 0.0263. The van der Waals surface area contributed by atoms with E-state index in [1.54, 1.807) is 6.26 Å². The lowest BCUT2D eigenvalue weighted by Crippen LogP contribution is -2.46. The third-order valence-corrected chi connectivity index (χ3v) is 3.36. The van der Waals surface area contributed by atoms with Gasteiger partial charge < -0.3 is 19.4 Å². The molecule has 0 bridgehead atoms. The van der Waals surface area contributed by atoms with Gasteiger partial charge in [-0.25, -0.2) is 0 Å². The molecule has 0 spiro atoms. The van der Waals surface area contributed by atoms with E-state index in [4.69, 9.17) is 9.15 Å². The van der Waals surface area contributed by atoms with Crippen LogP contribution >= 0.6 is 0 Å². The summed E-state index contributed by atoms with van der Waals surface area (Å²) in [5.41, 5.74) is 0. The van der Waals surface area contributed by atoms with Gasteiger partial charge in [-0.15, -0.1) is 0 Å². The van der Waals surface area contributed by atoms with Gasteiger partial charge in [0.05, 0.1) is 18.9 Å². The summed E-state index contributed by atoms with van der Waals surface area (Å²) in [7, 11) is 1.82. The zero-order valence-corrected chi connectivity index (χ0v) is 11.8. The second kappa shape index (κ2) is 7.19. The summed E-state index contributed by atoms with van der Waals surface area (Å²) in [6, 6.07) is 3.86. The van der Waals surface area contributed by atoms with Crippen LogP contribution in [0.15, 0.2) is 27.8 Å². The molecule has 1 aromatic rings. The average molecular weight is 265 g/mol. The van der Waals surface area contributed by atoms with E-state index in [0.29, 0.717) is 12.6 Å². The number of hydrogen-bond donors (Lipinski definition) is 1. The predicted molar refractivity (Wildman–Crippen MR) is 75.1 cm³/mol. The smallest absolute Gasteiger partial charge is 0.194 e. The minimum atomic E-state index is 0.407. The van der Waals surface area contributed by atoms with Crippen molar-refractivity contribution in [3.05, 3.63) is 24.2 Å². The second-order valence-corrected chi connectivity index (χ2v) is 4.62. The molecule has 106 valence electrons. The molecule has 5 nitrogen and oxygen atoms in total. The summed E-state index contributed by atoms with van der Waals surface area (Å²) in [4.78, 5) is 6.61. The molecule has 1 aliphatic rings. The van der Waals surface area contributed by atoms with Crippen LogP contribution in [0.1, 0.15) is 25.5 Å². The van der Waals surface area contributed by atoms with E-state index in [9.17, 15) is 0 Å². The van der Waals surface area contributed by atoms with Crippen LogP contribution in [-0.4, -0.2) is 43.7 Å². The largest absolute Gasteiger partial charge is 0.467 e. The predicted octanol–water partition coefficient (Wildman–Crippen LogP) is 1.86. The highest BCUT2D eigenvalue weighted by atomic mass is 16.5. The van der Waals surface area contributed by atoms with Gasteiger partial charge in [-0.2, -0.15) is 0 Å². The van der Waals surface area contributed by atoms with Crippen molar-refractivity contribution in [2.45, 2.75) is 32.4 Å². The molecular formula is C14H23N3O2. The maximum absolute atomic E-state index is 5.66. The quantitative estimate of drug-likeness (QED) is 0.667. The normalized spacial score (nSPS) is 17.8. The van der Waals surface area contributed by atoms with Gasteiger partial charge in [-0.1, -0.05) is 0 Å². The Hall–Kier alpha value is -1.49. The highest BCUT2D eigenvalue weighted by Crippen LogP contribution is 2.13. The Balaban J connectivity index is 1.79. The molecule has 1 aromatic heterocycles. The second-order valence-electron chi connectivity index (χ2n) is 4.62. The molecule has 0 unspecified atom stereocenters. The van der Waals surface area contributed by atoms with Crippen molar-refractivity contribution in [1.29, 1.82) is 0 Å². The standard InChI is InChI=1S/C14H23N3O2/c1-3-18-12-6-8-17(9-7-12)14(15-2)16-11-13-5-4-10-19-13/h4-5,10,12H,3,6-9,11H2,1-2H3,(H,15,16). The van der Waals surface area contributed by atoms with E-state index in [0.717, 1.165) is 44.3 Å². The molecule has 5 heteroatoms. The lowest BCUT2D eigenvalue weighted by Gasteiger charge is -2.33. The van der Waals surface area contributed by atoms with Crippen molar-refractivity contribution in [1.82, 2.24) is 10.2 Å². The molecule has 0 radical (unpaired) electrons. The zero-order chi connectivity index (χ0) is 13.5. The van der Waals surface area contributed by atoms with Crippen molar-refractivity contribution in [2.24, 2.45) is 4.99 Å². The molecule has 1 N–H and O–H groups in total. The SMILES string of the molecule is CCOC1CCN(C(=NC)NCc2ccco2)CC1. The number of piperidine rings is 1. The minimum absolute atomic E-state index is 0.407. The first-order chi connectivity index (χ1) is 9.33. The Morgan fingerprint density at radius 2 is 2.32 bits per heavy atom. The van der Waals surface area contributed by atoms with Crippen LogP contribution in [-0.2, 0) is 11.3 Å². The summed E-state index contributed by atoms with van der Waals surface area (Å²) in [6.07, 6.45) is 4.22. The zero-order valence-electron chi connectivity index (χ0n) is 11.8. The molecule has 0 amide bonds. The van der Waals surface area contributed by atoms with Gasteiger partial charge >= 0.3 is 0 Å². The molecule has 1 fully saturated rings. The first-order valence-electron chi connectivity index (χ1n) is 6.93. The van der Waals surface area contributed by atoms with E-state index in [-0.39, 0.29) is 0 Å². The summed E-state index contributed by atoms with van der Waals surface area (Å²) in [5, 5.41) is 3.33. The van der Waals surface area contributed by atoms with E-state index in [1.165, 1.54) is 0 Å². The fourth-order valence-corrected chi connectivity index (χ4v) is 2.38. The van der Waals surface area contributed by atoms with Gasteiger partial charge in [-0.3, -0.25) is 4.99 Å². The number of likely N-dealkylation sites (tertiary alicyclic amines) is 1. The van der Waals surface area contributed by atoms with Gasteiger partial charge in [0.15, 0.2) is 5.96 Å². The molecular weight excluding hydrogens is 242 g/mol. The Kier molecular flexibility index (Phi) is 5.27.